The summed E-state index contributed by atoms with van der Waals surface area (Å²) in [6, 6.07) is 0.188. The number of rotatable bonds is 1. The maximum Gasteiger partial charge on any atom is 0.318 e. The van der Waals surface area contributed by atoms with Crippen LogP contribution in [-0.2, 0) is 0 Å². The molecule has 1 N–H and O–H groups in total. The van der Waals surface area contributed by atoms with E-state index in [0.29, 0.717) is 0 Å². The van der Waals surface area contributed by atoms with Crippen molar-refractivity contribution >= 4 is 17.4 Å². The summed E-state index contributed by atoms with van der Waals surface area (Å²) in [5, 5.41) is 6.03. The van der Waals surface area contributed by atoms with E-state index < -0.39 is 0 Å². The zero-order valence-electron chi connectivity index (χ0n) is 10.6. The molecule has 2 heterocycles. The molecule has 0 aliphatic carbocycles. The zero-order chi connectivity index (χ0) is 12.5. The molecule has 17 heavy (non-hydrogen) atoms. The van der Waals surface area contributed by atoms with E-state index in [1.54, 1.807) is 17.5 Å². The molecular weight excluding hydrogens is 234 g/mol. The largest absolute Gasteiger partial charge is 0.333 e. The van der Waals surface area contributed by atoms with E-state index in [4.69, 9.17) is 0 Å². The van der Waals surface area contributed by atoms with E-state index in [1.807, 2.05) is 31.1 Å². The van der Waals surface area contributed by atoms with Crippen LogP contribution in [-0.4, -0.2) is 28.0 Å². The summed E-state index contributed by atoms with van der Waals surface area (Å²) < 4.78 is 0. The summed E-state index contributed by atoms with van der Waals surface area (Å²) >= 11 is 1.63. The Morgan fingerprint density at radius 3 is 2.94 bits per heavy atom. The van der Waals surface area contributed by atoms with Gasteiger partial charge in [-0.3, -0.25) is 0 Å². The number of hydrogen-bond acceptors (Lipinski definition) is 3. The lowest BCUT2D eigenvalue weighted by molar-refractivity contribution is 0.184. The van der Waals surface area contributed by atoms with Crippen molar-refractivity contribution in [3.8, 4) is 0 Å². The van der Waals surface area contributed by atoms with Crippen molar-refractivity contribution in [2.45, 2.75) is 45.2 Å². The first-order valence-corrected chi connectivity index (χ1v) is 6.83. The number of carbonyl (C=O) groups excluding carboxylic acids is 1. The van der Waals surface area contributed by atoms with E-state index in [2.05, 4.69) is 10.3 Å². The van der Waals surface area contributed by atoms with Crippen molar-refractivity contribution in [3.05, 3.63) is 16.6 Å². The Kier molecular flexibility index (Phi) is 3.38. The summed E-state index contributed by atoms with van der Waals surface area (Å²) in [4.78, 5) is 18.4. The maximum absolute atomic E-state index is 12.2. The Bertz CT molecular complexity index is 383. The van der Waals surface area contributed by atoms with Gasteiger partial charge in [-0.05, 0) is 33.6 Å². The van der Waals surface area contributed by atoms with Crippen LogP contribution in [0.3, 0.4) is 0 Å². The number of amides is 2. The molecule has 0 spiro atoms. The highest BCUT2D eigenvalue weighted by Gasteiger charge is 2.32. The maximum atomic E-state index is 12.2. The van der Waals surface area contributed by atoms with E-state index >= 15 is 0 Å². The number of hydrogen-bond donors (Lipinski definition) is 1. The molecule has 1 aliphatic heterocycles. The van der Waals surface area contributed by atoms with Crippen LogP contribution in [0.5, 0.6) is 0 Å². The summed E-state index contributed by atoms with van der Waals surface area (Å²) in [6.45, 7) is 6.82. The van der Waals surface area contributed by atoms with Crippen molar-refractivity contribution in [2.75, 3.05) is 6.54 Å². The van der Waals surface area contributed by atoms with Gasteiger partial charge >= 0.3 is 6.03 Å². The van der Waals surface area contributed by atoms with Crippen molar-refractivity contribution in [1.82, 2.24) is 15.2 Å². The first kappa shape index (κ1) is 12.4. The minimum atomic E-state index is -0.187. The lowest BCUT2D eigenvalue weighted by atomic mass is 10.1. The van der Waals surface area contributed by atoms with Gasteiger partial charge in [0.25, 0.3) is 0 Å². The summed E-state index contributed by atoms with van der Waals surface area (Å²) in [5.74, 6) is 0. The third kappa shape index (κ3) is 2.97. The summed E-state index contributed by atoms with van der Waals surface area (Å²) in [5.41, 5.74) is -0.187. The van der Waals surface area contributed by atoms with Crippen LogP contribution in [0, 0.1) is 0 Å². The topological polar surface area (TPSA) is 45.2 Å². The lowest BCUT2D eigenvalue weighted by Crippen LogP contribution is -2.48. The second-order valence-corrected chi connectivity index (χ2v) is 6.33. The predicted octanol–water partition coefficient (Wildman–Crippen LogP) is 2.79. The Hall–Kier alpha value is -1.10. The predicted molar refractivity (Wildman–Crippen MR) is 69.1 cm³/mol. The van der Waals surface area contributed by atoms with E-state index in [9.17, 15) is 4.79 Å². The number of carbonyl (C=O) groups is 1. The molecule has 5 heteroatoms. The molecule has 1 aromatic heterocycles. The van der Waals surface area contributed by atoms with Crippen molar-refractivity contribution in [3.63, 3.8) is 0 Å². The molecule has 0 aromatic carbocycles. The van der Waals surface area contributed by atoms with Gasteiger partial charge in [-0.1, -0.05) is 0 Å². The Labute approximate surface area is 106 Å². The van der Waals surface area contributed by atoms with Gasteiger partial charge in [0.15, 0.2) is 0 Å². The van der Waals surface area contributed by atoms with Gasteiger partial charge in [0.2, 0.25) is 0 Å². The Morgan fingerprint density at radius 1 is 1.59 bits per heavy atom. The molecule has 2 amide bonds. The van der Waals surface area contributed by atoms with Gasteiger partial charge in [-0.2, -0.15) is 0 Å². The second-order valence-electron chi connectivity index (χ2n) is 5.40. The first-order valence-electron chi connectivity index (χ1n) is 5.95. The van der Waals surface area contributed by atoms with Gasteiger partial charge in [-0.15, -0.1) is 11.3 Å². The fraction of sp³-hybridized carbons (Fsp3) is 0.667. The standard InChI is InChI=1S/C12H19N3OS/c1-12(2,3)14-11(16)15-7-4-5-9(15)10-13-6-8-17-10/h6,8-9H,4-5,7H2,1-3H3,(H,14,16). The third-order valence-corrected chi connectivity index (χ3v) is 3.61. The van der Waals surface area contributed by atoms with E-state index in [1.165, 1.54) is 0 Å². The molecule has 2 rings (SSSR count). The molecule has 4 nitrogen and oxygen atoms in total. The van der Waals surface area contributed by atoms with Crippen LogP contribution in [0.4, 0.5) is 4.79 Å². The van der Waals surface area contributed by atoms with Crippen molar-refractivity contribution < 1.29 is 4.79 Å². The second kappa shape index (κ2) is 4.64. The van der Waals surface area contributed by atoms with Gasteiger partial charge in [0, 0.05) is 23.7 Å². The van der Waals surface area contributed by atoms with Crippen LogP contribution >= 0.6 is 11.3 Å². The lowest BCUT2D eigenvalue weighted by Gasteiger charge is -2.28. The van der Waals surface area contributed by atoms with Crippen LogP contribution in [0.1, 0.15) is 44.7 Å². The monoisotopic (exact) mass is 253 g/mol. The smallest absolute Gasteiger partial charge is 0.318 e. The van der Waals surface area contributed by atoms with Gasteiger partial charge in [0.05, 0.1) is 6.04 Å². The first-order chi connectivity index (χ1) is 7.97. The molecule has 1 atom stereocenters. The molecule has 0 saturated carbocycles. The highest BCUT2D eigenvalue weighted by molar-refractivity contribution is 7.09. The average molecular weight is 253 g/mol. The number of thiazole rings is 1. The van der Waals surface area contributed by atoms with E-state index in [0.717, 1.165) is 24.4 Å². The number of likely N-dealkylation sites (tertiary alicyclic amines) is 1. The quantitative estimate of drug-likeness (QED) is 0.836. The van der Waals surface area contributed by atoms with Crippen molar-refractivity contribution in [2.24, 2.45) is 0 Å². The number of aromatic nitrogens is 1. The zero-order valence-corrected chi connectivity index (χ0v) is 11.4. The molecule has 94 valence electrons. The highest BCUT2D eigenvalue weighted by Crippen LogP contribution is 2.32. The number of nitrogens with one attached hydrogen (secondary N) is 1. The molecular formula is C12H19N3OS. The molecule has 0 radical (unpaired) electrons. The Balaban J connectivity index is 2.07. The molecule has 1 fully saturated rings. The van der Waals surface area contributed by atoms with Gasteiger partial charge < -0.3 is 10.2 Å². The highest BCUT2D eigenvalue weighted by atomic mass is 32.1. The minimum Gasteiger partial charge on any atom is -0.333 e. The molecule has 1 unspecified atom stereocenters. The summed E-state index contributed by atoms with van der Waals surface area (Å²) in [6.07, 6.45) is 3.88. The molecule has 1 aromatic rings. The third-order valence-electron chi connectivity index (χ3n) is 2.73. The fourth-order valence-electron chi connectivity index (χ4n) is 2.06. The number of urea groups is 1. The van der Waals surface area contributed by atoms with Crippen LogP contribution in [0.25, 0.3) is 0 Å². The molecule has 1 saturated heterocycles. The van der Waals surface area contributed by atoms with Gasteiger partial charge in [0.1, 0.15) is 5.01 Å². The van der Waals surface area contributed by atoms with Crippen molar-refractivity contribution in [1.29, 1.82) is 0 Å². The SMILES string of the molecule is CC(C)(C)NC(=O)N1CCCC1c1nccs1. The minimum absolute atomic E-state index is 0.0233. The van der Waals surface area contributed by atoms with Crippen LogP contribution in [0.2, 0.25) is 0 Å². The van der Waals surface area contributed by atoms with Crippen LogP contribution < -0.4 is 5.32 Å². The molecule has 0 bridgehead atoms. The normalized spacial score (nSPS) is 20.6. The average Bonchev–Trinajstić information content (AvgIpc) is 2.85. The van der Waals surface area contributed by atoms with Crippen LogP contribution in [0.15, 0.2) is 11.6 Å². The van der Waals surface area contributed by atoms with E-state index in [-0.39, 0.29) is 17.6 Å². The summed E-state index contributed by atoms with van der Waals surface area (Å²) in [7, 11) is 0. The molecule has 1 aliphatic rings. The van der Waals surface area contributed by atoms with Gasteiger partial charge in [-0.25, -0.2) is 9.78 Å². The Morgan fingerprint density at radius 2 is 2.35 bits per heavy atom. The fourth-order valence-corrected chi connectivity index (χ4v) is 2.84. The number of nitrogens with zero attached hydrogens (tertiary/aromatic N) is 2.